The Morgan fingerprint density at radius 2 is 2.18 bits per heavy atom. The molecule has 0 aromatic rings. The van der Waals surface area contributed by atoms with E-state index in [0.29, 0.717) is 0 Å². The molecule has 0 saturated carbocycles. The van der Waals surface area contributed by atoms with Gasteiger partial charge in [0.05, 0.1) is 0 Å². The first-order valence-electron chi connectivity index (χ1n) is 3.88. The van der Waals surface area contributed by atoms with Crippen LogP contribution in [-0.2, 0) is 4.74 Å². The lowest BCUT2D eigenvalue weighted by atomic mass is 10.2. The molecular weight excluding hydrogens is 180 g/mol. The molecule has 0 unspecified atom stereocenters. The van der Waals surface area contributed by atoms with E-state index in [2.05, 4.69) is 0 Å². The SMILES string of the molecule is Cl/C=C/CSC1CCOCC1. The summed E-state index contributed by atoms with van der Waals surface area (Å²) in [5.41, 5.74) is 1.59. The number of rotatable bonds is 3. The third-order valence-corrected chi connectivity index (χ3v) is 3.19. The summed E-state index contributed by atoms with van der Waals surface area (Å²) < 4.78 is 5.25. The number of hydrogen-bond donors (Lipinski definition) is 0. The van der Waals surface area contributed by atoms with Gasteiger partial charge in [-0.2, -0.15) is 11.8 Å². The minimum atomic E-state index is 0.789. The third kappa shape index (κ3) is 4.04. The van der Waals surface area contributed by atoms with Crippen LogP contribution in [0.15, 0.2) is 11.6 Å². The second kappa shape index (κ2) is 5.92. The van der Waals surface area contributed by atoms with Crippen molar-refractivity contribution < 1.29 is 4.74 Å². The Morgan fingerprint density at radius 3 is 2.82 bits per heavy atom. The first kappa shape index (κ1) is 9.43. The van der Waals surface area contributed by atoms with E-state index < -0.39 is 0 Å². The van der Waals surface area contributed by atoms with E-state index in [1.807, 2.05) is 17.8 Å². The molecule has 1 nitrogen and oxygen atoms in total. The molecule has 64 valence electrons. The Hall–Kier alpha value is 0.340. The lowest BCUT2D eigenvalue weighted by molar-refractivity contribution is 0.100. The van der Waals surface area contributed by atoms with Crippen LogP contribution in [0.3, 0.4) is 0 Å². The molecule has 0 aromatic carbocycles. The minimum absolute atomic E-state index is 0.789. The monoisotopic (exact) mass is 192 g/mol. The minimum Gasteiger partial charge on any atom is -0.381 e. The predicted molar refractivity (Wildman–Crippen MR) is 51.3 cm³/mol. The Kier molecular flexibility index (Phi) is 5.08. The number of hydrogen-bond acceptors (Lipinski definition) is 2. The Balaban J connectivity index is 2.04. The highest BCUT2D eigenvalue weighted by Crippen LogP contribution is 2.21. The molecule has 0 atom stereocenters. The molecule has 1 fully saturated rings. The molecule has 0 N–H and O–H groups in total. The van der Waals surface area contributed by atoms with Crippen molar-refractivity contribution in [3.8, 4) is 0 Å². The molecule has 0 aliphatic carbocycles. The van der Waals surface area contributed by atoms with Crippen molar-refractivity contribution in [2.45, 2.75) is 18.1 Å². The maximum Gasteiger partial charge on any atom is 0.0476 e. The average molecular weight is 193 g/mol. The lowest BCUT2D eigenvalue weighted by Crippen LogP contribution is -2.17. The topological polar surface area (TPSA) is 9.23 Å². The van der Waals surface area contributed by atoms with E-state index in [4.69, 9.17) is 16.3 Å². The van der Waals surface area contributed by atoms with Crippen molar-refractivity contribution in [1.82, 2.24) is 0 Å². The fourth-order valence-electron chi connectivity index (χ4n) is 1.07. The Bertz CT molecular complexity index is 121. The highest BCUT2D eigenvalue weighted by molar-refractivity contribution is 8.00. The smallest absolute Gasteiger partial charge is 0.0476 e. The summed E-state index contributed by atoms with van der Waals surface area (Å²) in [5, 5.41) is 0.789. The Labute approximate surface area is 77.1 Å². The summed E-state index contributed by atoms with van der Waals surface area (Å²) in [6, 6.07) is 0. The molecule has 0 radical (unpaired) electrons. The van der Waals surface area contributed by atoms with E-state index in [1.165, 1.54) is 12.8 Å². The predicted octanol–water partition coefficient (Wildman–Crippen LogP) is 2.65. The molecule has 1 aliphatic rings. The van der Waals surface area contributed by atoms with Crippen molar-refractivity contribution in [3.05, 3.63) is 11.6 Å². The molecular formula is C8H13ClOS. The van der Waals surface area contributed by atoms with Gasteiger partial charge in [0.1, 0.15) is 0 Å². The summed E-state index contributed by atoms with van der Waals surface area (Å²) in [6.45, 7) is 1.87. The average Bonchev–Trinajstić information content (AvgIpc) is 2.07. The number of halogens is 1. The van der Waals surface area contributed by atoms with Crippen molar-refractivity contribution >= 4 is 23.4 Å². The maximum atomic E-state index is 5.40. The zero-order valence-corrected chi connectivity index (χ0v) is 8.03. The number of thioether (sulfide) groups is 1. The van der Waals surface area contributed by atoms with E-state index in [0.717, 1.165) is 24.2 Å². The third-order valence-electron chi connectivity index (χ3n) is 1.69. The van der Waals surface area contributed by atoms with Crippen molar-refractivity contribution in [3.63, 3.8) is 0 Å². The number of ether oxygens (including phenoxy) is 1. The summed E-state index contributed by atoms with van der Waals surface area (Å²) in [7, 11) is 0. The van der Waals surface area contributed by atoms with E-state index in [9.17, 15) is 0 Å². The lowest BCUT2D eigenvalue weighted by Gasteiger charge is -2.20. The van der Waals surface area contributed by atoms with Crippen LogP contribution in [0.4, 0.5) is 0 Å². The largest absolute Gasteiger partial charge is 0.381 e. The first-order chi connectivity index (χ1) is 5.43. The maximum absolute atomic E-state index is 5.40. The van der Waals surface area contributed by atoms with Crippen LogP contribution in [0.2, 0.25) is 0 Å². The molecule has 0 aromatic heterocycles. The molecule has 1 rings (SSSR count). The summed E-state index contributed by atoms with van der Waals surface area (Å²) in [6.07, 6.45) is 4.38. The fraction of sp³-hybridized carbons (Fsp3) is 0.750. The van der Waals surface area contributed by atoms with Gasteiger partial charge in [0, 0.05) is 29.8 Å². The van der Waals surface area contributed by atoms with Gasteiger partial charge in [-0.1, -0.05) is 17.7 Å². The standard InChI is InChI=1S/C8H13ClOS/c9-4-1-7-11-8-2-5-10-6-3-8/h1,4,8H,2-3,5-7H2/b4-1+. The molecule has 1 aliphatic heterocycles. The first-order valence-corrected chi connectivity index (χ1v) is 5.36. The van der Waals surface area contributed by atoms with Crippen LogP contribution in [0, 0.1) is 0 Å². The van der Waals surface area contributed by atoms with Crippen LogP contribution in [0.1, 0.15) is 12.8 Å². The second-order valence-electron chi connectivity index (χ2n) is 2.51. The Morgan fingerprint density at radius 1 is 1.45 bits per heavy atom. The summed E-state index contributed by atoms with van der Waals surface area (Å²) in [5.74, 6) is 1.04. The van der Waals surface area contributed by atoms with Crippen LogP contribution in [0.25, 0.3) is 0 Å². The molecule has 3 heteroatoms. The van der Waals surface area contributed by atoms with Gasteiger partial charge in [0.2, 0.25) is 0 Å². The molecule has 1 heterocycles. The molecule has 1 saturated heterocycles. The van der Waals surface area contributed by atoms with Gasteiger partial charge in [-0.25, -0.2) is 0 Å². The van der Waals surface area contributed by atoms with Gasteiger partial charge < -0.3 is 4.74 Å². The van der Waals surface area contributed by atoms with Crippen LogP contribution in [0.5, 0.6) is 0 Å². The van der Waals surface area contributed by atoms with Crippen LogP contribution in [-0.4, -0.2) is 24.2 Å². The highest BCUT2D eigenvalue weighted by atomic mass is 35.5. The normalized spacial score (nSPS) is 21.2. The van der Waals surface area contributed by atoms with Crippen molar-refractivity contribution in [1.29, 1.82) is 0 Å². The van der Waals surface area contributed by atoms with E-state index in [1.54, 1.807) is 5.54 Å². The van der Waals surface area contributed by atoms with Crippen LogP contribution >= 0.6 is 23.4 Å². The van der Waals surface area contributed by atoms with Gasteiger partial charge >= 0.3 is 0 Å². The van der Waals surface area contributed by atoms with Gasteiger partial charge in [-0.05, 0) is 12.8 Å². The molecule has 11 heavy (non-hydrogen) atoms. The molecule has 0 amide bonds. The van der Waals surface area contributed by atoms with Crippen molar-refractivity contribution in [2.75, 3.05) is 19.0 Å². The summed E-state index contributed by atoms with van der Waals surface area (Å²) in [4.78, 5) is 0. The molecule has 0 bridgehead atoms. The van der Waals surface area contributed by atoms with Gasteiger partial charge in [-0.3, -0.25) is 0 Å². The van der Waals surface area contributed by atoms with Gasteiger partial charge in [0.15, 0.2) is 0 Å². The van der Waals surface area contributed by atoms with Gasteiger partial charge in [-0.15, -0.1) is 0 Å². The van der Waals surface area contributed by atoms with Gasteiger partial charge in [0.25, 0.3) is 0 Å². The highest BCUT2D eigenvalue weighted by Gasteiger charge is 2.12. The fourth-order valence-corrected chi connectivity index (χ4v) is 2.27. The summed E-state index contributed by atoms with van der Waals surface area (Å²) >= 11 is 7.37. The molecule has 0 spiro atoms. The zero-order valence-electron chi connectivity index (χ0n) is 6.46. The quantitative estimate of drug-likeness (QED) is 0.680. The second-order valence-corrected chi connectivity index (χ2v) is 4.09. The van der Waals surface area contributed by atoms with E-state index in [-0.39, 0.29) is 0 Å². The van der Waals surface area contributed by atoms with Crippen LogP contribution < -0.4 is 0 Å². The van der Waals surface area contributed by atoms with E-state index >= 15 is 0 Å². The van der Waals surface area contributed by atoms with Crippen molar-refractivity contribution in [2.24, 2.45) is 0 Å². The zero-order chi connectivity index (χ0) is 7.94.